The number of para-hydroxylation sites is 1. The van der Waals surface area contributed by atoms with Crippen LogP contribution in [0.2, 0.25) is 5.02 Å². The van der Waals surface area contributed by atoms with Gasteiger partial charge in [-0.3, -0.25) is 9.69 Å². The molecule has 0 saturated carbocycles. The summed E-state index contributed by atoms with van der Waals surface area (Å²) in [7, 11) is 0. The minimum atomic E-state index is -1.00. The summed E-state index contributed by atoms with van der Waals surface area (Å²) in [6.45, 7) is 0. The summed E-state index contributed by atoms with van der Waals surface area (Å²) in [5.41, 5.74) is 1.66. The van der Waals surface area contributed by atoms with Crippen molar-refractivity contribution in [2.75, 3.05) is 4.90 Å². The number of anilines is 1. The van der Waals surface area contributed by atoms with Gasteiger partial charge in [-0.25, -0.2) is 4.79 Å². The van der Waals surface area contributed by atoms with Gasteiger partial charge in [0.1, 0.15) is 5.70 Å². The maximum atomic E-state index is 12.6. The van der Waals surface area contributed by atoms with E-state index in [2.05, 4.69) is 5.32 Å². The molecule has 0 radical (unpaired) electrons. The van der Waals surface area contributed by atoms with Crippen LogP contribution in [0.5, 0.6) is 0 Å². The predicted molar refractivity (Wildman–Crippen MR) is 96.1 cm³/mol. The molecule has 2 N–H and O–H groups in total. The minimum Gasteiger partial charge on any atom is -0.478 e. The largest absolute Gasteiger partial charge is 0.478 e. The molecule has 7 heteroatoms. The van der Waals surface area contributed by atoms with Gasteiger partial charge in [0.05, 0.1) is 16.3 Å². The Bertz CT molecular complexity index is 878. The van der Waals surface area contributed by atoms with Crippen molar-refractivity contribution >= 4 is 52.6 Å². The highest BCUT2D eigenvalue weighted by Crippen LogP contribution is 2.29. The number of carbonyl (C=O) groups excluding carboxylic acids is 1. The first-order valence-corrected chi connectivity index (χ1v) is 7.71. The van der Waals surface area contributed by atoms with E-state index in [0.29, 0.717) is 22.0 Å². The number of carbonyl (C=O) groups is 2. The minimum absolute atomic E-state index is 0.177. The molecule has 5 nitrogen and oxygen atoms in total. The lowest BCUT2D eigenvalue weighted by molar-refractivity contribution is -0.113. The van der Waals surface area contributed by atoms with Crippen molar-refractivity contribution in [1.82, 2.24) is 5.32 Å². The van der Waals surface area contributed by atoms with Gasteiger partial charge >= 0.3 is 5.97 Å². The van der Waals surface area contributed by atoms with E-state index in [0.717, 1.165) is 0 Å². The van der Waals surface area contributed by atoms with Crippen LogP contribution in [-0.4, -0.2) is 22.1 Å². The monoisotopic (exact) mass is 358 g/mol. The topological polar surface area (TPSA) is 69.6 Å². The Morgan fingerprint density at radius 2 is 1.83 bits per heavy atom. The summed E-state index contributed by atoms with van der Waals surface area (Å²) in [6.07, 6.45) is 1.61. The molecule has 1 fully saturated rings. The van der Waals surface area contributed by atoms with E-state index in [4.69, 9.17) is 28.9 Å². The van der Waals surface area contributed by atoms with Crippen LogP contribution in [0, 0.1) is 0 Å². The third kappa shape index (κ3) is 3.02. The lowest BCUT2D eigenvalue weighted by atomic mass is 10.1. The summed E-state index contributed by atoms with van der Waals surface area (Å²) in [6, 6.07) is 13.1. The van der Waals surface area contributed by atoms with Crippen LogP contribution in [0.4, 0.5) is 5.69 Å². The Morgan fingerprint density at radius 1 is 1.17 bits per heavy atom. The van der Waals surface area contributed by atoms with Gasteiger partial charge in [-0.05, 0) is 48.1 Å². The van der Waals surface area contributed by atoms with Crippen molar-refractivity contribution < 1.29 is 14.7 Å². The van der Waals surface area contributed by atoms with Gasteiger partial charge < -0.3 is 10.4 Å². The molecule has 0 aromatic heterocycles. The van der Waals surface area contributed by atoms with Crippen LogP contribution in [0.15, 0.2) is 54.2 Å². The van der Waals surface area contributed by atoms with Crippen molar-refractivity contribution in [2.45, 2.75) is 0 Å². The first-order valence-electron chi connectivity index (χ1n) is 6.92. The summed E-state index contributed by atoms with van der Waals surface area (Å²) in [5.74, 6) is -1.33. The van der Waals surface area contributed by atoms with Gasteiger partial charge in [-0.1, -0.05) is 35.9 Å². The average Bonchev–Trinajstić information content (AvgIpc) is 2.83. The lowest BCUT2D eigenvalue weighted by Gasteiger charge is -2.15. The van der Waals surface area contributed by atoms with Crippen molar-refractivity contribution in [1.29, 1.82) is 0 Å². The van der Waals surface area contributed by atoms with Crippen LogP contribution < -0.4 is 10.2 Å². The zero-order valence-corrected chi connectivity index (χ0v) is 13.8. The van der Waals surface area contributed by atoms with E-state index in [1.54, 1.807) is 42.5 Å². The first kappa shape index (κ1) is 16.2. The Morgan fingerprint density at radius 3 is 2.46 bits per heavy atom. The number of amides is 1. The molecule has 0 aliphatic carbocycles. The molecule has 2 aromatic rings. The Kier molecular flexibility index (Phi) is 4.33. The number of carboxylic acids is 1. The van der Waals surface area contributed by atoms with Gasteiger partial charge in [-0.15, -0.1) is 0 Å². The maximum absolute atomic E-state index is 12.6. The average molecular weight is 359 g/mol. The third-order valence-electron chi connectivity index (χ3n) is 3.44. The van der Waals surface area contributed by atoms with Crippen LogP contribution in [0.3, 0.4) is 0 Å². The Hall–Kier alpha value is -2.70. The zero-order valence-electron chi connectivity index (χ0n) is 12.2. The van der Waals surface area contributed by atoms with Gasteiger partial charge in [0, 0.05) is 0 Å². The lowest BCUT2D eigenvalue weighted by Crippen LogP contribution is -2.30. The fraction of sp³-hybridized carbons (Fsp3) is 0. The van der Waals surface area contributed by atoms with Crippen molar-refractivity contribution in [3.05, 3.63) is 70.4 Å². The molecule has 1 amide bonds. The van der Waals surface area contributed by atoms with Gasteiger partial charge in [0.25, 0.3) is 5.91 Å². The number of benzene rings is 2. The van der Waals surface area contributed by atoms with E-state index in [9.17, 15) is 9.59 Å². The molecule has 0 bridgehead atoms. The second-order valence-electron chi connectivity index (χ2n) is 5.01. The highest BCUT2D eigenvalue weighted by Gasteiger charge is 2.32. The number of halogens is 1. The molecular weight excluding hydrogens is 348 g/mol. The summed E-state index contributed by atoms with van der Waals surface area (Å²) in [4.78, 5) is 24.8. The number of nitrogens with zero attached hydrogens (tertiary/aromatic N) is 1. The summed E-state index contributed by atoms with van der Waals surface area (Å²) in [5, 5.41) is 12.4. The number of hydrogen-bond acceptors (Lipinski definition) is 3. The highest BCUT2D eigenvalue weighted by atomic mass is 35.5. The molecular formula is C17H11ClN2O3S. The fourth-order valence-electron chi connectivity index (χ4n) is 2.28. The molecule has 2 aromatic carbocycles. The molecule has 0 unspecified atom stereocenters. The maximum Gasteiger partial charge on any atom is 0.335 e. The van der Waals surface area contributed by atoms with Crippen molar-refractivity contribution in [3.8, 4) is 0 Å². The van der Waals surface area contributed by atoms with Crippen LogP contribution in [-0.2, 0) is 4.79 Å². The second-order valence-corrected chi connectivity index (χ2v) is 5.80. The molecule has 24 heavy (non-hydrogen) atoms. The number of hydrogen-bond donors (Lipinski definition) is 2. The van der Waals surface area contributed by atoms with Gasteiger partial charge in [0.15, 0.2) is 5.11 Å². The Balaban J connectivity index is 1.91. The van der Waals surface area contributed by atoms with Gasteiger partial charge in [-0.2, -0.15) is 0 Å². The van der Waals surface area contributed by atoms with Crippen molar-refractivity contribution in [2.24, 2.45) is 0 Å². The van der Waals surface area contributed by atoms with Crippen LogP contribution in [0.1, 0.15) is 15.9 Å². The number of thiocarbonyl (C=S) groups is 1. The quantitative estimate of drug-likeness (QED) is 0.650. The summed E-state index contributed by atoms with van der Waals surface area (Å²) < 4.78 is 0. The predicted octanol–water partition coefficient (Wildman–Crippen LogP) is 3.30. The third-order valence-corrected chi connectivity index (χ3v) is 4.04. The zero-order chi connectivity index (χ0) is 17.3. The van der Waals surface area contributed by atoms with E-state index in [1.807, 2.05) is 0 Å². The van der Waals surface area contributed by atoms with Crippen LogP contribution >= 0.6 is 23.8 Å². The van der Waals surface area contributed by atoms with E-state index in [1.165, 1.54) is 17.0 Å². The normalized spacial score (nSPS) is 15.7. The number of aromatic carboxylic acids is 1. The van der Waals surface area contributed by atoms with E-state index in [-0.39, 0.29) is 16.6 Å². The SMILES string of the molecule is O=C(O)c1ccc(C=C2NC(=S)N(c3ccccc3Cl)C2=O)cc1. The van der Waals surface area contributed by atoms with E-state index < -0.39 is 5.97 Å². The molecule has 1 aliphatic rings. The standard InChI is InChI=1S/C17H11ClN2O3S/c18-12-3-1-2-4-14(12)20-15(21)13(19-17(20)24)9-10-5-7-11(8-6-10)16(22)23/h1-9H,(H,19,24)(H,22,23). The molecule has 120 valence electrons. The van der Waals surface area contributed by atoms with E-state index >= 15 is 0 Å². The molecule has 0 atom stereocenters. The Labute approximate surface area is 148 Å². The molecule has 1 aliphatic heterocycles. The fourth-order valence-corrected chi connectivity index (χ4v) is 2.79. The molecule has 1 heterocycles. The first-order chi connectivity index (χ1) is 11.5. The number of rotatable bonds is 3. The van der Waals surface area contributed by atoms with Crippen molar-refractivity contribution in [3.63, 3.8) is 0 Å². The molecule has 1 saturated heterocycles. The highest BCUT2D eigenvalue weighted by molar-refractivity contribution is 7.80. The second kappa shape index (κ2) is 6.43. The molecule has 3 rings (SSSR count). The number of nitrogens with one attached hydrogen (secondary N) is 1. The van der Waals surface area contributed by atoms with Gasteiger partial charge in [0.2, 0.25) is 0 Å². The summed E-state index contributed by atoms with van der Waals surface area (Å²) >= 11 is 11.4. The molecule has 0 spiro atoms. The van der Waals surface area contributed by atoms with Crippen LogP contribution in [0.25, 0.3) is 6.08 Å². The smallest absolute Gasteiger partial charge is 0.335 e. The number of carboxylic acid groups (broad SMARTS) is 1.